The first-order chi connectivity index (χ1) is 14.2. The van der Waals surface area contributed by atoms with Gasteiger partial charge in [-0.05, 0) is 49.7 Å². The van der Waals surface area contributed by atoms with Crippen LogP contribution < -0.4 is 10.2 Å². The van der Waals surface area contributed by atoms with Gasteiger partial charge in [-0.25, -0.2) is 8.91 Å². The maximum atomic E-state index is 13.9. The molecule has 1 fully saturated rings. The summed E-state index contributed by atoms with van der Waals surface area (Å²) in [6.45, 7) is 5.18. The topological polar surface area (TPSA) is 52.9 Å². The predicted octanol–water partition coefficient (Wildman–Crippen LogP) is 2.81. The quantitative estimate of drug-likeness (QED) is 0.625. The number of hydrogen-bond acceptors (Lipinski definition) is 4. The molecule has 0 unspecified atom stereocenters. The summed E-state index contributed by atoms with van der Waals surface area (Å²) in [4.78, 5) is 16.8. The highest BCUT2D eigenvalue weighted by atomic mass is 19.1. The maximum absolute atomic E-state index is 13.9. The van der Waals surface area contributed by atoms with Crippen molar-refractivity contribution in [3.8, 4) is 0 Å². The van der Waals surface area contributed by atoms with Gasteiger partial charge in [0.25, 0.3) is 5.91 Å². The average Bonchev–Trinajstić information content (AvgIpc) is 3.19. The number of unbranched alkanes of at least 4 members (excludes halogenated alkanes) is 1. The molecule has 2 aromatic heterocycles. The van der Waals surface area contributed by atoms with Crippen molar-refractivity contribution in [3.05, 3.63) is 66.2 Å². The number of hydrogen-bond donors (Lipinski definition) is 1. The third kappa shape index (κ3) is 4.74. The molecule has 29 heavy (non-hydrogen) atoms. The zero-order valence-electron chi connectivity index (χ0n) is 16.4. The number of fused-ring (bicyclic) bond motifs is 1. The molecule has 0 radical (unpaired) electrons. The number of para-hydroxylation sites is 1. The number of rotatable bonds is 7. The van der Waals surface area contributed by atoms with E-state index in [0.29, 0.717) is 17.9 Å². The molecule has 3 heterocycles. The minimum atomic E-state index is -0.151. The summed E-state index contributed by atoms with van der Waals surface area (Å²) in [6, 6.07) is 14.5. The number of nitrogens with one attached hydrogen (secondary N) is 1. The molecular weight excluding hydrogens is 369 g/mol. The van der Waals surface area contributed by atoms with Crippen LogP contribution in [0.5, 0.6) is 0 Å². The normalized spacial score (nSPS) is 15.0. The molecule has 1 amide bonds. The second-order valence-electron chi connectivity index (χ2n) is 7.34. The summed E-state index contributed by atoms with van der Waals surface area (Å²) in [5.74, 6) is -0.283. The van der Waals surface area contributed by atoms with E-state index >= 15 is 0 Å². The Hall–Kier alpha value is -2.93. The number of amides is 1. The lowest BCUT2D eigenvalue weighted by atomic mass is 10.2. The van der Waals surface area contributed by atoms with Gasteiger partial charge in [-0.3, -0.25) is 9.69 Å². The van der Waals surface area contributed by atoms with E-state index in [9.17, 15) is 9.18 Å². The number of carbonyl (C=O) groups excluding carboxylic acids is 1. The Kier molecular flexibility index (Phi) is 6.05. The fourth-order valence-corrected chi connectivity index (χ4v) is 3.72. The van der Waals surface area contributed by atoms with Gasteiger partial charge in [0.1, 0.15) is 5.82 Å². The van der Waals surface area contributed by atoms with Gasteiger partial charge in [-0.1, -0.05) is 18.2 Å². The number of anilines is 1. The molecule has 1 saturated heterocycles. The second-order valence-corrected chi connectivity index (χ2v) is 7.34. The Balaban J connectivity index is 1.14. The summed E-state index contributed by atoms with van der Waals surface area (Å²) in [6.07, 6.45) is 3.77. The first-order valence-electron chi connectivity index (χ1n) is 10.2. The molecule has 0 atom stereocenters. The van der Waals surface area contributed by atoms with Gasteiger partial charge in [-0.2, -0.15) is 5.10 Å². The fourth-order valence-electron chi connectivity index (χ4n) is 3.72. The molecule has 1 aliphatic heterocycles. The van der Waals surface area contributed by atoms with Gasteiger partial charge in [0.05, 0.1) is 11.2 Å². The molecule has 3 aromatic rings. The van der Waals surface area contributed by atoms with E-state index in [2.05, 4.69) is 20.2 Å². The number of nitrogens with zero attached hydrogens (tertiary/aromatic N) is 4. The van der Waals surface area contributed by atoms with Crippen LogP contribution in [-0.4, -0.2) is 59.7 Å². The van der Waals surface area contributed by atoms with Crippen LogP contribution in [0, 0.1) is 5.82 Å². The Morgan fingerprint density at radius 3 is 2.62 bits per heavy atom. The van der Waals surface area contributed by atoms with Crippen LogP contribution >= 0.6 is 0 Å². The van der Waals surface area contributed by atoms with Crippen molar-refractivity contribution < 1.29 is 9.18 Å². The molecule has 1 aliphatic rings. The molecule has 6 nitrogen and oxygen atoms in total. The zero-order valence-corrected chi connectivity index (χ0v) is 16.4. The van der Waals surface area contributed by atoms with Crippen LogP contribution in [0.25, 0.3) is 5.52 Å². The first-order valence-corrected chi connectivity index (χ1v) is 10.2. The van der Waals surface area contributed by atoms with Crippen LogP contribution in [-0.2, 0) is 0 Å². The van der Waals surface area contributed by atoms with Crippen LogP contribution in [0.4, 0.5) is 10.1 Å². The fraction of sp³-hybridized carbons (Fsp3) is 0.364. The summed E-state index contributed by atoms with van der Waals surface area (Å²) >= 11 is 0. The number of aromatic nitrogens is 2. The Morgan fingerprint density at radius 2 is 1.83 bits per heavy atom. The SMILES string of the molecule is O=C(NCCCCN1CCN(c2ccccc2F)CC1)c1cc2ccccn2n1. The highest BCUT2D eigenvalue weighted by molar-refractivity contribution is 5.93. The van der Waals surface area contributed by atoms with Crippen molar-refractivity contribution in [1.82, 2.24) is 19.8 Å². The molecule has 0 bridgehead atoms. The first kappa shape index (κ1) is 19.4. The largest absolute Gasteiger partial charge is 0.367 e. The number of halogens is 1. The van der Waals surface area contributed by atoms with Gasteiger partial charge in [0, 0.05) is 38.9 Å². The van der Waals surface area contributed by atoms with Gasteiger partial charge in [-0.15, -0.1) is 0 Å². The third-order valence-corrected chi connectivity index (χ3v) is 5.35. The molecule has 0 saturated carbocycles. The highest BCUT2D eigenvalue weighted by Crippen LogP contribution is 2.20. The van der Waals surface area contributed by atoms with E-state index in [1.165, 1.54) is 6.07 Å². The third-order valence-electron chi connectivity index (χ3n) is 5.35. The van der Waals surface area contributed by atoms with Gasteiger partial charge >= 0.3 is 0 Å². The molecule has 7 heteroatoms. The minimum absolute atomic E-state index is 0.132. The Morgan fingerprint density at radius 1 is 1.03 bits per heavy atom. The van der Waals surface area contributed by atoms with E-state index in [1.807, 2.05) is 36.5 Å². The smallest absolute Gasteiger partial charge is 0.271 e. The second kappa shape index (κ2) is 9.05. The minimum Gasteiger partial charge on any atom is -0.367 e. The van der Waals surface area contributed by atoms with E-state index < -0.39 is 0 Å². The molecule has 0 aliphatic carbocycles. The van der Waals surface area contributed by atoms with Crippen LogP contribution in [0.2, 0.25) is 0 Å². The number of carbonyl (C=O) groups is 1. The van der Waals surface area contributed by atoms with Crippen molar-refractivity contribution in [2.75, 3.05) is 44.2 Å². The van der Waals surface area contributed by atoms with E-state index in [4.69, 9.17) is 0 Å². The summed E-state index contributed by atoms with van der Waals surface area (Å²) < 4.78 is 15.6. The van der Waals surface area contributed by atoms with E-state index in [-0.39, 0.29) is 11.7 Å². The summed E-state index contributed by atoms with van der Waals surface area (Å²) in [7, 11) is 0. The lowest BCUT2D eigenvalue weighted by molar-refractivity contribution is 0.0947. The monoisotopic (exact) mass is 395 g/mol. The Bertz CT molecular complexity index is 932. The number of benzene rings is 1. The van der Waals surface area contributed by atoms with Crippen molar-refractivity contribution in [2.24, 2.45) is 0 Å². The van der Waals surface area contributed by atoms with Crippen molar-refractivity contribution in [1.29, 1.82) is 0 Å². The number of pyridine rings is 1. The van der Waals surface area contributed by atoms with E-state index in [0.717, 1.165) is 51.1 Å². The Labute approximate surface area is 169 Å². The van der Waals surface area contributed by atoms with Crippen molar-refractivity contribution in [2.45, 2.75) is 12.8 Å². The molecule has 1 aromatic carbocycles. The van der Waals surface area contributed by atoms with Gasteiger partial charge in [0.2, 0.25) is 0 Å². The lowest BCUT2D eigenvalue weighted by Gasteiger charge is -2.36. The average molecular weight is 395 g/mol. The molecule has 152 valence electrons. The van der Waals surface area contributed by atoms with Gasteiger partial charge < -0.3 is 10.2 Å². The number of piperazine rings is 1. The molecule has 0 spiro atoms. The zero-order chi connectivity index (χ0) is 20.1. The molecule has 4 rings (SSSR count). The lowest BCUT2D eigenvalue weighted by Crippen LogP contribution is -2.47. The van der Waals surface area contributed by atoms with Crippen molar-refractivity contribution in [3.63, 3.8) is 0 Å². The highest BCUT2D eigenvalue weighted by Gasteiger charge is 2.18. The standard InChI is InChI=1S/C22H26FN5O/c23-19-8-1-2-9-21(19)27-15-13-26(14-16-27)11-6-4-10-24-22(29)20-17-18-7-3-5-12-28(18)25-20/h1-3,5,7-9,12,17H,4,6,10-11,13-16H2,(H,24,29). The van der Waals surface area contributed by atoms with Crippen LogP contribution in [0.15, 0.2) is 54.7 Å². The molecule has 1 N–H and O–H groups in total. The maximum Gasteiger partial charge on any atom is 0.271 e. The van der Waals surface area contributed by atoms with Gasteiger partial charge in [0.15, 0.2) is 5.69 Å². The van der Waals surface area contributed by atoms with Crippen LogP contribution in [0.3, 0.4) is 0 Å². The van der Waals surface area contributed by atoms with E-state index in [1.54, 1.807) is 16.6 Å². The van der Waals surface area contributed by atoms with Crippen molar-refractivity contribution >= 4 is 17.1 Å². The summed E-state index contributed by atoms with van der Waals surface area (Å²) in [5, 5.41) is 7.24. The summed E-state index contributed by atoms with van der Waals surface area (Å²) in [5.41, 5.74) is 2.05. The van der Waals surface area contributed by atoms with Crippen LogP contribution in [0.1, 0.15) is 23.3 Å². The predicted molar refractivity (Wildman–Crippen MR) is 112 cm³/mol. The molecular formula is C22H26FN5O.